The van der Waals surface area contributed by atoms with E-state index in [2.05, 4.69) is 21.1 Å². The minimum absolute atomic E-state index is 0.365. The summed E-state index contributed by atoms with van der Waals surface area (Å²) in [4.78, 5) is 0. The number of hydrogen-bond acceptors (Lipinski definition) is 3. The summed E-state index contributed by atoms with van der Waals surface area (Å²) in [6, 6.07) is 13.6. The number of anilines is 1. The highest BCUT2D eigenvalue weighted by molar-refractivity contribution is 9.10. The SMILES string of the molecule is Cc1ccc(-c2onc(N)c2-c2ccc(Br)cc2)cc1Cl. The molecule has 0 radical (unpaired) electrons. The predicted molar refractivity (Wildman–Crippen MR) is 89.2 cm³/mol. The average molecular weight is 364 g/mol. The number of nitrogens with zero attached hydrogens (tertiary/aromatic N) is 1. The Balaban J connectivity index is 2.16. The van der Waals surface area contributed by atoms with E-state index in [1.165, 1.54) is 0 Å². The van der Waals surface area contributed by atoms with Gasteiger partial charge in [-0.1, -0.05) is 57.0 Å². The molecule has 0 aliphatic carbocycles. The number of nitrogen functional groups attached to an aromatic ring is 1. The van der Waals surface area contributed by atoms with Crippen LogP contribution in [0, 0.1) is 6.92 Å². The van der Waals surface area contributed by atoms with Crippen molar-refractivity contribution < 1.29 is 4.52 Å². The fraction of sp³-hybridized carbons (Fsp3) is 0.0625. The monoisotopic (exact) mass is 362 g/mol. The Kier molecular flexibility index (Phi) is 3.74. The molecule has 0 unspecified atom stereocenters. The van der Waals surface area contributed by atoms with Crippen LogP contribution in [0.2, 0.25) is 5.02 Å². The minimum atomic E-state index is 0.365. The molecule has 1 aromatic heterocycles. The summed E-state index contributed by atoms with van der Waals surface area (Å²) in [5.74, 6) is 0.987. The quantitative estimate of drug-likeness (QED) is 0.671. The van der Waals surface area contributed by atoms with E-state index in [1.807, 2.05) is 49.4 Å². The zero-order chi connectivity index (χ0) is 15.0. The highest BCUT2D eigenvalue weighted by atomic mass is 79.9. The van der Waals surface area contributed by atoms with Gasteiger partial charge in [-0.15, -0.1) is 0 Å². The number of aryl methyl sites for hydroxylation is 1. The maximum atomic E-state index is 6.19. The summed E-state index contributed by atoms with van der Waals surface area (Å²) >= 11 is 9.61. The zero-order valence-electron chi connectivity index (χ0n) is 11.2. The normalized spacial score (nSPS) is 10.8. The van der Waals surface area contributed by atoms with E-state index < -0.39 is 0 Å². The standard InChI is InChI=1S/C16H12BrClN2O/c1-9-2-3-11(8-13(9)18)15-14(16(19)20-21-15)10-4-6-12(17)7-5-10/h2-8H,1H3,(H2,19,20). The molecule has 106 valence electrons. The fourth-order valence-electron chi connectivity index (χ4n) is 2.13. The number of aromatic nitrogens is 1. The number of nitrogens with two attached hydrogens (primary N) is 1. The second-order valence-corrected chi connectivity index (χ2v) is 6.07. The molecule has 21 heavy (non-hydrogen) atoms. The van der Waals surface area contributed by atoms with E-state index >= 15 is 0 Å². The largest absolute Gasteiger partial charge is 0.380 e. The van der Waals surface area contributed by atoms with E-state index in [-0.39, 0.29) is 0 Å². The van der Waals surface area contributed by atoms with E-state index in [4.69, 9.17) is 21.9 Å². The van der Waals surface area contributed by atoms with Crippen LogP contribution in [0.4, 0.5) is 5.82 Å². The number of benzene rings is 2. The summed E-state index contributed by atoms with van der Waals surface area (Å²) in [6.45, 7) is 1.95. The van der Waals surface area contributed by atoms with Crippen LogP contribution < -0.4 is 5.73 Å². The molecule has 0 bridgehead atoms. The molecule has 0 saturated heterocycles. The summed E-state index contributed by atoms with van der Waals surface area (Å²) in [7, 11) is 0. The van der Waals surface area contributed by atoms with Gasteiger partial charge >= 0.3 is 0 Å². The number of rotatable bonds is 2. The second kappa shape index (κ2) is 5.54. The zero-order valence-corrected chi connectivity index (χ0v) is 13.6. The first-order valence-corrected chi connectivity index (χ1v) is 7.51. The lowest BCUT2D eigenvalue weighted by molar-refractivity contribution is 0.436. The molecule has 3 nitrogen and oxygen atoms in total. The molecule has 0 aliphatic heterocycles. The molecule has 5 heteroatoms. The van der Waals surface area contributed by atoms with Gasteiger partial charge in [-0.25, -0.2) is 0 Å². The van der Waals surface area contributed by atoms with Gasteiger partial charge in [0.25, 0.3) is 0 Å². The van der Waals surface area contributed by atoms with Crippen molar-refractivity contribution in [1.29, 1.82) is 0 Å². The molecule has 0 atom stereocenters. The van der Waals surface area contributed by atoms with Crippen LogP contribution in [0.3, 0.4) is 0 Å². The molecule has 0 fully saturated rings. The Bertz CT molecular complexity index is 797. The van der Waals surface area contributed by atoms with Gasteiger partial charge in [0.05, 0.1) is 5.56 Å². The topological polar surface area (TPSA) is 52.0 Å². The number of halogens is 2. The molecule has 0 spiro atoms. The fourth-order valence-corrected chi connectivity index (χ4v) is 2.57. The van der Waals surface area contributed by atoms with Crippen LogP contribution in [0.1, 0.15) is 5.56 Å². The third-order valence-corrected chi connectivity index (χ3v) is 4.22. The van der Waals surface area contributed by atoms with Gasteiger partial charge in [0.2, 0.25) is 0 Å². The highest BCUT2D eigenvalue weighted by Gasteiger charge is 2.18. The molecule has 3 rings (SSSR count). The van der Waals surface area contributed by atoms with Crippen molar-refractivity contribution in [2.45, 2.75) is 6.92 Å². The molecular weight excluding hydrogens is 352 g/mol. The van der Waals surface area contributed by atoms with E-state index in [0.29, 0.717) is 16.6 Å². The molecule has 2 N–H and O–H groups in total. The van der Waals surface area contributed by atoms with Crippen LogP contribution in [0.5, 0.6) is 0 Å². The van der Waals surface area contributed by atoms with Crippen molar-refractivity contribution >= 4 is 33.3 Å². The van der Waals surface area contributed by atoms with Crippen LogP contribution in [-0.4, -0.2) is 5.16 Å². The van der Waals surface area contributed by atoms with Crippen LogP contribution in [-0.2, 0) is 0 Å². The Morgan fingerprint density at radius 2 is 1.76 bits per heavy atom. The van der Waals surface area contributed by atoms with Gasteiger partial charge in [0, 0.05) is 15.1 Å². The van der Waals surface area contributed by atoms with Crippen LogP contribution >= 0.6 is 27.5 Å². The predicted octanol–water partition coefficient (Wildman–Crippen LogP) is 5.32. The molecule has 1 heterocycles. The maximum Gasteiger partial charge on any atom is 0.176 e. The van der Waals surface area contributed by atoms with E-state index in [1.54, 1.807) is 0 Å². The van der Waals surface area contributed by atoms with Gasteiger partial charge in [-0.3, -0.25) is 0 Å². The van der Waals surface area contributed by atoms with Crippen LogP contribution in [0.25, 0.3) is 22.5 Å². The Morgan fingerprint density at radius 3 is 2.43 bits per heavy atom. The van der Waals surface area contributed by atoms with Gasteiger partial charge in [-0.2, -0.15) is 0 Å². The van der Waals surface area contributed by atoms with Gasteiger partial charge in [-0.05, 0) is 36.2 Å². The Hall–Kier alpha value is -1.78. The summed E-state index contributed by atoms with van der Waals surface area (Å²) in [5.41, 5.74) is 9.56. The van der Waals surface area contributed by atoms with Crippen molar-refractivity contribution in [1.82, 2.24) is 5.16 Å². The maximum absolute atomic E-state index is 6.19. The average Bonchev–Trinajstić information content (AvgIpc) is 2.85. The molecule has 0 amide bonds. The second-order valence-electron chi connectivity index (χ2n) is 4.74. The van der Waals surface area contributed by atoms with E-state index in [0.717, 1.165) is 26.7 Å². The molecular formula is C16H12BrClN2O. The lowest BCUT2D eigenvalue weighted by Crippen LogP contribution is -1.89. The highest BCUT2D eigenvalue weighted by Crippen LogP contribution is 2.38. The van der Waals surface area contributed by atoms with Crippen molar-refractivity contribution in [3.63, 3.8) is 0 Å². The van der Waals surface area contributed by atoms with Gasteiger partial charge in [0.15, 0.2) is 11.6 Å². The summed E-state index contributed by atoms with van der Waals surface area (Å²) < 4.78 is 6.42. The van der Waals surface area contributed by atoms with Crippen LogP contribution in [0.15, 0.2) is 51.5 Å². The lowest BCUT2D eigenvalue weighted by Gasteiger charge is -2.05. The Labute approximate surface area is 135 Å². The van der Waals surface area contributed by atoms with Crippen molar-refractivity contribution in [2.75, 3.05) is 5.73 Å². The van der Waals surface area contributed by atoms with Crippen molar-refractivity contribution in [2.24, 2.45) is 0 Å². The molecule has 0 aliphatic rings. The Morgan fingerprint density at radius 1 is 1.10 bits per heavy atom. The van der Waals surface area contributed by atoms with Crippen molar-refractivity contribution in [3.05, 3.63) is 57.5 Å². The molecule has 0 saturated carbocycles. The first-order chi connectivity index (χ1) is 10.1. The van der Waals surface area contributed by atoms with Crippen molar-refractivity contribution in [3.8, 4) is 22.5 Å². The first-order valence-electron chi connectivity index (χ1n) is 6.34. The molecule has 2 aromatic carbocycles. The first kappa shape index (κ1) is 14.2. The number of hydrogen-bond donors (Lipinski definition) is 1. The third-order valence-electron chi connectivity index (χ3n) is 3.29. The van der Waals surface area contributed by atoms with Gasteiger partial charge in [0.1, 0.15) is 0 Å². The van der Waals surface area contributed by atoms with Gasteiger partial charge < -0.3 is 10.3 Å². The summed E-state index contributed by atoms with van der Waals surface area (Å²) in [6.07, 6.45) is 0. The third kappa shape index (κ3) is 2.69. The molecule has 3 aromatic rings. The summed E-state index contributed by atoms with van der Waals surface area (Å²) in [5, 5.41) is 4.58. The van der Waals surface area contributed by atoms with E-state index in [9.17, 15) is 0 Å². The minimum Gasteiger partial charge on any atom is -0.380 e. The smallest absolute Gasteiger partial charge is 0.176 e. The lowest BCUT2D eigenvalue weighted by atomic mass is 10.0.